The molecule has 182 valence electrons. The van der Waals surface area contributed by atoms with Gasteiger partial charge in [0.1, 0.15) is 5.75 Å². The fraction of sp³-hybridized carbons (Fsp3) is 0.129. The van der Waals surface area contributed by atoms with Crippen LogP contribution in [0.4, 0.5) is 5.95 Å². The Labute approximate surface area is 224 Å². The van der Waals surface area contributed by atoms with Gasteiger partial charge >= 0.3 is 0 Å². The van der Waals surface area contributed by atoms with Gasteiger partial charge in [0.25, 0.3) is 0 Å². The Bertz CT molecular complexity index is 1610. The maximum absolute atomic E-state index is 5.35. The highest BCUT2D eigenvalue weighted by Crippen LogP contribution is 2.38. The maximum atomic E-state index is 5.35. The number of hydrazone groups is 1. The van der Waals surface area contributed by atoms with Gasteiger partial charge in [0.05, 0.1) is 30.1 Å². The molecule has 1 aliphatic rings. The van der Waals surface area contributed by atoms with Gasteiger partial charge in [-0.05, 0) is 60.5 Å². The van der Waals surface area contributed by atoms with E-state index in [-0.39, 0.29) is 6.04 Å². The van der Waals surface area contributed by atoms with Gasteiger partial charge in [0, 0.05) is 21.8 Å². The molecule has 6 rings (SSSR count). The van der Waals surface area contributed by atoms with Crippen molar-refractivity contribution in [1.82, 2.24) is 9.97 Å². The summed E-state index contributed by atoms with van der Waals surface area (Å²) in [5.41, 5.74) is 7.26. The lowest BCUT2D eigenvalue weighted by Gasteiger charge is -2.23. The lowest BCUT2D eigenvalue weighted by atomic mass is 9.98. The summed E-state index contributed by atoms with van der Waals surface area (Å²) in [7, 11) is 1.68. The highest BCUT2D eigenvalue weighted by Gasteiger charge is 2.32. The molecule has 4 aromatic carbocycles. The number of para-hydroxylation sites is 1. The van der Waals surface area contributed by atoms with E-state index in [9.17, 15) is 0 Å². The molecule has 1 aliphatic heterocycles. The number of nitrogens with zero attached hydrogens (tertiary/aromatic N) is 4. The van der Waals surface area contributed by atoms with Crippen molar-refractivity contribution in [1.29, 1.82) is 0 Å². The number of aryl methyl sites for hydroxylation is 1. The van der Waals surface area contributed by atoms with Crippen LogP contribution in [0.2, 0.25) is 0 Å². The summed E-state index contributed by atoms with van der Waals surface area (Å²) >= 11 is 3.64. The summed E-state index contributed by atoms with van der Waals surface area (Å²) in [6, 6.07) is 33.0. The minimum Gasteiger partial charge on any atom is -0.497 e. The van der Waals surface area contributed by atoms with Gasteiger partial charge in [0.15, 0.2) is 0 Å². The first-order valence-electron chi connectivity index (χ1n) is 12.2. The average Bonchev–Trinajstić information content (AvgIpc) is 3.39. The van der Waals surface area contributed by atoms with E-state index >= 15 is 0 Å². The van der Waals surface area contributed by atoms with Gasteiger partial charge in [-0.1, -0.05) is 76.1 Å². The molecule has 0 unspecified atom stereocenters. The first kappa shape index (κ1) is 23.4. The molecule has 0 bridgehead atoms. The van der Waals surface area contributed by atoms with Crippen LogP contribution in [0.1, 0.15) is 29.2 Å². The van der Waals surface area contributed by atoms with Crippen molar-refractivity contribution in [2.45, 2.75) is 19.4 Å². The third-order valence-corrected chi connectivity index (χ3v) is 7.18. The van der Waals surface area contributed by atoms with E-state index in [4.69, 9.17) is 19.8 Å². The average molecular weight is 549 g/mol. The molecule has 0 fully saturated rings. The largest absolute Gasteiger partial charge is 0.497 e. The molecule has 0 spiro atoms. The van der Waals surface area contributed by atoms with Crippen LogP contribution in [0.15, 0.2) is 107 Å². The number of benzene rings is 4. The second-order valence-electron chi connectivity index (χ2n) is 9.15. The molecule has 6 heteroatoms. The summed E-state index contributed by atoms with van der Waals surface area (Å²) in [6.07, 6.45) is 0.735. The molecule has 2 heterocycles. The van der Waals surface area contributed by atoms with Gasteiger partial charge in [-0.2, -0.15) is 5.10 Å². The minimum atomic E-state index is -0.0402. The number of hydrogen-bond acceptors (Lipinski definition) is 5. The Kier molecular flexibility index (Phi) is 6.18. The van der Waals surface area contributed by atoms with E-state index in [0.717, 1.165) is 55.6 Å². The van der Waals surface area contributed by atoms with Crippen LogP contribution in [0.5, 0.6) is 5.75 Å². The molecular formula is C31H25BrN4O. The summed E-state index contributed by atoms with van der Waals surface area (Å²) in [5, 5.41) is 8.09. The van der Waals surface area contributed by atoms with Crippen LogP contribution in [0.3, 0.4) is 0 Å². The highest BCUT2D eigenvalue weighted by molar-refractivity contribution is 9.10. The maximum Gasteiger partial charge on any atom is 0.247 e. The topological polar surface area (TPSA) is 50.6 Å². The Morgan fingerprint density at radius 3 is 2.35 bits per heavy atom. The van der Waals surface area contributed by atoms with Crippen LogP contribution >= 0.6 is 15.9 Å². The molecule has 1 aromatic heterocycles. The standard InChI is InChI=1S/C31H25BrN4O/c1-20-10-12-22(13-11-20)30-26-8-3-4-9-27(26)33-31(34-30)36-29(23-6-5-7-24(32)18-23)19-28(35-36)21-14-16-25(37-2)17-15-21/h3-18,29H,19H2,1-2H3/t29-/m1/s1. The second kappa shape index (κ2) is 9.79. The van der Waals surface area contributed by atoms with E-state index in [0.29, 0.717) is 5.95 Å². The van der Waals surface area contributed by atoms with Crippen molar-refractivity contribution in [2.75, 3.05) is 12.1 Å². The second-order valence-corrected chi connectivity index (χ2v) is 10.1. The number of methoxy groups -OCH3 is 1. The van der Waals surface area contributed by atoms with Gasteiger partial charge in [-0.25, -0.2) is 15.0 Å². The minimum absolute atomic E-state index is 0.0402. The van der Waals surface area contributed by atoms with Gasteiger partial charge < -0.3 is 4.74 Å². The van der Waals surface area contributed by atoms with E-state index < -0.39 is 0 Å². The lowest BCUT2D eigenvalue weighted by Crippen LogP contribution is -2.21. The van der Waals surface area contributed by atoms with E-state index in [2.05, 4.69) is 83.5 Å². The molecule has 1 atom stereocenters. The number of hydrogen-bond donors (Lipinski definition) is 0. The van der Waals surface area contributed by atoms with Crippen molar-refractivity contribution in [2.24, 2.45) is 5.10 Å². The number of aromatic nitrogens is 2. The Morgan fingerprint density at radius 2 is 1.59 bits per heavy atom. The molecule has 0 radical (unpaired) electrons. The normalized spacial score (nSPS) is 15.2. The van der Waals surface area contributed by atoms with E-state index in [1.54, 1.807) is 7.11 Å². The van der Waals surface area contributed by atoms with Crippen molar-refractivity contribution in [3.63, 3.8) is 0 Å². The monoisotopic (exact) mass is 548 g/mol. The first-order valence-corrected chi connectivity index (χ1v) is 13.0. The number of ether oxygens (including phenoxy) is 1. The number of anilines is 1. The van der Waals surface area contributed by atoms with Crippen LogP contribution in [0.25, 0.3) is 22.2 Å². The smallest absolute Gasteiger partial charge is 0.247 e. The predicted octanol–water partition coefficient (Wildman–Crippen LogP) is 7.73. The van der Waals surface area contributed by atoms with E-state index in [1.807, 2.05) is 41.4 Å². The molecule has 0 N–H and O–H groups in total. The Balaban J connectivity index is 1.51. The summed E-state index contributed by atoms with van der Waals surface area (Å²) in [5.74, 6) is 1.41. The Hall–Kier alpha value is -4.03. The van der Waals surface area contributed by atoms with Crippen molar-refractivity contribution in [3.8, 4) is 17.0 Å². The van der Waals surface area contributed by atoms with Gasteiger partial charge in [-0.3, -0.25) is 0 Å². The molecule has 0 amide bonds. The summed E-state index contributed by atoms with van der Waals surface area (Å²) < 4.78 is 6.38. The zero-order chi connectivity index (χ0) is 25.4. The first-order chi connectivity index (χ1) is 18.1. The lowest BCUT2D eigenvalue weighted by molar-refractivity contribution is 0.415. The van der Waals surface area contributed by atoms with Crippen molar-refractivity contribution >= 4 is 38.5 Å². The molecule has 5 nitrogen and oxygen atoms in total. The Morgan fingerprint density at radius 1 is 0.838 bits per heavy atom. The van der Waals surface area contributed by atoms with Crippen LogP contribution < -0.4 is 9.75 Å². The predicted molar refractivity (Wildman–Crippen MR) is 153 cm³/mol. The zero-order valence-electron chi connectivity index (χ0n) is 20.6. The highest BCUT2D eigenvalue weighted by atomic mass is 79.9. The molecule has 5 aromatic rings. The van der Waals surface area contributed by atoms with Crippen molar-refractivity contribution < 1.29 is 4.74 Å². The number of fused-ring (bicyclic) bond motifs is 1. The molecule has 0 saturated heterocycles. The fourth-order valence-electron chi connectivity index (χ4n) is 4.72. The van der Waals surface area contributed by atoms with Gasteiger partial charge in [0.2, 0.25) is 5.95 Å². The molecule has 37 heavy (non-hydrogen) atoms. The summed E-state index contributed by atoms with van der Waals surface area (Å²) in [6.45, 7) is 2.09. The van der Waals surface area contributed by atoms with Gasteiger partial charge in [-0.15, -0.1) is 0 Å². The van der Waals surface area contributed by atoms with E-state index in [1.165, 1.54) is 5.56 Å². The third-order valence-electron chi connectivity index (χ3n) is 6.69. The van der Waals surface area contributed by atoms with Crippen LogP contribution in [0, 0.1) is 6.92 Å². The zero-order valence-corrected chi connectivity index (χ0v) is 22.2. The van der Waals surface area contributed by atoms with Crippen LogP contribution in [-0.4, -0.2) is 22.8 Å². The fourth-order valence-corrected chi connectivity index (χ4v) is 5.14. The van der Waals surface area contributed by atoms with Crippen molar-refractivity contribution in [3.05, 3.63) is 118 Å². The van der Waals surface area contributed by atoms with Crippen LogP contribution in [-0.2, 0) is 0 Å². The SMILES string of the molecule is COc1ccc(C2=NN(c3nc(-c4ccc(C)cc4)c4ccccc4n3)[C@@H](c3cccc(Br)c3)C2)cc1. The number of rotatable bonds is 5. The summed E-state index contributed by atoms with van der Waals surface area (Å²) in [4.78, 5) is 10.1. The quantitative estimate of drug-likeness (QED) is 0.225. The molecule has 0 saturated carbocycles. The number of halogens is 1. The molecule has 0 aliphatic carbocycles. The third kappa shape index (κ3) is 4.60. The molecular weight excluding hydrogens is 524 g/mol.